The number of pyridine rings is 1. The van der Waals surface area contributed by atoms with Crippen LogP contribution in [0.25, 0.3) is 10.9 Å². The summed E-state index contributed by atoms with van der Waals surface area (Å²) in [6, 6.07) is 30.0. The van der Waals surface area contributed by atoms with Gasteiger partial charge in [0.2, 0.25) is 0 Å². The minimum absolute atomic E-state index is 0.148. The Bertz CT molecular complexity index is 1130. The van der Waals surface area contributed by atoms with Gasteiger partial charge in [0.1, 0.15) is 6.04 Å². The van der Waals surface area contributed by atoms with E-state index in [-0.39, 0.29) is 12.1 Å². The van der Waals surface area contributed by atoms with Gasteiger partial charge in [0.25, 0.3) is 0 Å². The Balaban J connectivity index is 1.75. The summed E-state index contributed by atoms with van der Waals surface area (Å²) in [5, 5.41) is 6.27. The second kappa shape index (κ2) is 6.89. The average Bonchev–Trinajstić information content (AvgIpc) is 2.77. The Morgan fingerprint density at radius 3 is 2.18 bits per heavy atom. The summed E-state index contributed by atoms with van der Waals surface area (Å²) >= 11 is 0. The van der Waals surface area contributed by atoms with Crippen LogP contribution in [-0.4, -0.2) is 9.99 Å². The van der Waals surface area contributed by atoms with E-state index >= 15 is 0 Å². The summed E-state index contributed by atoms with van der Waals surface area (Å²) in [5.74, 6) is 0. The first-order chi connectivity index (χ1) is 13.8. The van der Waals surface area contributed by atoms with Crippen LogP contribution < -0.4 is 0 Å². The van der Waals surface area contributed by atoms with Gasteiger partial charge in [0.05, 0.1) is 16.8 Å². The highest BCUT2D eigenvalue weighted by molar-refractivity contribution is 5.80. The van der Waals surface area contributed by atoms with Gasteiger partial charge in [-0.15, -0.1) is 4.91 Å². The molecule has 0 bridgehead atoms. The molecule has 0 aliphatic carbocycles. The average molecular weight is 365 g/mol. The zero-order valence-corrected chi connectivity index (χ0v) is 15.3. The lowest BCUT2D eigenvalue weighted by atomic mass is 9.86. The number of aromatic nitrogens is 1. The number of hydrogen-bond donors (Lipinski definition) is 0. The number of fused-ring (bicyclic) bond motifs is 2. The molecule has 136 valence electrons. The minimum Gasteiger partial charge on any atom is -0.252 e. The first-order valence-electron chi connectivity index (χ1n) is 9.45. The van der Waals surface area contributed by atoms with Crippen molar-refractivity contribution >= 4 is 10.9 Å². The third kappa shape index (κ3) is 2.74. The molecule has 4 nitrogen and oxygen atoms in total. The predicted molar refractivity (Wildman–Crippen MR) is 111 cm³/mol. The summed E-state index contributed by atoms with van der Waals surface area (Å²) in [7, 11) is 0. The summed E-state index contributed by atoms with van der Waals surface area (Å²) in [6.45, 7) is 0. The topological polar surface area (TPSA) is 45.6 Å². The maximum absolute atomic E-state index is 12.1. The standard InChI is InChI=1S/C24H19N3O/c28-26-27-23(17-9-3-1-4-10-17)16-22-20(24(27)18-11-5-2-6-12-18)15-19-13-7-8-14-21(19)25-22/h1-15,23-24H,16H2/t23-,24-/m1/s1. The number of hydrogen-bond acceptors (Lipinski definition) is 3. The molecule has 1 aliphatic rings. The van der Waals surface area contributed by atoms with Crippen molar-refractivity contribution in [2.75, 3.05) is 0 Å². The Morgan fingerprint density at radius 2 is 1.46 bits per heavy atom. The first kappa shape index (κ1) is 16.6. The van der Waals surface area contributed by atoms with Crippen LogP contribution in [0, 0.1) is 4.91 Å². The van der Waals surface area contributed by atoms with E-state index in [0.29, 0.717) is 6.42 Å². The molecule has 2 heterocycles. The van der Waals surface area contributed by atoms with Crippen LogP contribution in [0.5, 0.6) is 0 Å². The maximum atomic E-state index is 12.1. The van der Waals surface area contributed by atoms with Gasteiger partial charge in [-0.25, -0.2) is 5.01 Å². The molecule has 0 spiro atoms. The van der Waals surface area contributed by atoms with E-state index in [2.05, 4.69) is 41.7 Å². The first-order valence-corrected chi connectivity index (χ1v) is 9.45. The highest BCUT2D eigenvalue weighted by Gasteiger charge is 2.37. The van der Waals surface area contributed by atoms with Crippen molar-refractivity contribution in [1.82, 2.24) is 9.99 Å². The van der Waals surface area contributed by atoms with E-state index in [1.807, 2.05) is 54.6 Å². The number of benzene rings is 3. The molecule has 0 amide bonds. The third-order valence-corrected chi connectivity index (χ3v) is 5.50. The summed E-state index contributed by atoms with van der Waals surface area (Å²) in [6.07, 6.45) is 0.652. The van der Waals surface area contributed by atoms with Crippen LogP contribution in [-0.2, 0) is 6.42 Å². The minimum atomic E-state index is -0.259. The van der Waals surface area contributed by atoms with Gasteiger partial charge in [0.15, 0.2) is 0 Å². The Kier molecular flexibility index (Phi) is 4.09. The molecule has 1 aliphatic heterocycles. The van der Waals surface area contributed by atoms with E-state index in [4.69, 9.17) is 4.98 Å². The largest absolute Gasteiger partial charge is 0.252 e. The lowest BCUT2D eigenvalue weighted by Gasteiger charge is -2.39. The monoisotopic (exact) mass is 365 g/mol. The fourth-order valence-electron chi connectivity index (χ4n) is 4.19. The predicted octanol–water partition coefficient (Wildman–Crippen LogP) is 5.61. The highest BCUT2D eigenvalue weighted by atomic mass is 16.3. The number of nitroso groups, excluding NO2 is 1. The molecular formula is C24H19N3O. The van der Waals surface area contributed by atoms with Gasteiger partial charge in [0, 0.05) is 23.1 Å². The van der Waals surface area contributed by atoms with Crippen molar-refractivity contribution in [3.63, 3.8) is 0 Å². The lowest BCUT2D eigenvalue weighted by molar-refractivity contribution is 0.141. The van der Waals surface area contributed by atoms with Crippen LogP contribution in [0.4, 0.5) is 0 Å². The Hall–Kier alpha value is -3.53. The molecule has 0 saturated carbocycles. The maximum Gasteiger partial charge on any atom is 0.103 e. The zero-order chi connectivity index (χ0) is 18.9. The molecular weight excluding hydrogens is 346 g/mol. The fourth-order valence-corrected chi connectivity index (χ4v) is 4.19. The molecule has 0 unspecified atom stereocenters. The van der Waals surface area contributed by atoms with E-state index in [0.717, 1.165) is 33.3 Å². The van der Waals surface area contributed by atoms with Crippen molar-refractivity contribution < 1.29 is 0 Å². The van der Waals surface area contributed by atoms with Crippen LogP contribution in [0.1, 0.15) is 34.5 Å². The van der Waals surface area contributed by atoms with E-state index in [1.165, 1.54) is 0 Å². The molecule has 2 atom stereocenters. The zero-order valence-electron chi connectivity index (χ0n) is 15.3. The Labute approximate surface area is 163 Å². The lowest BCUT2D eigenvalue weighted by Crippen LogP contribution is -2.35. The second-order valence-corrected chi connectivity index (χ2v) is 7.12. The van der Waals surface area contributed by atoms with Gasteiger partial charge in [-0.1, -0.05) is 78.9 Å². The van der Waals surface area contributed by atoms with Crippen molar-refractivity contribution in [3.05, 3.63) is 118 Å². The van der Waals surface area contributed by atoms with Crippen LogP contribution in [0.3, 0.4) is 0 Å². The summed E-state index contributed by atoms with van der Waals surface area (Å²) < 4.78 is 0. The fraction of sp³-hybridized carbons (Fsp3) is 0.125. The molecule has 4 heteroatoms. The van der Waals surface area contributed by atoms with Gasteiger partial charge in [-0.2, -0.15) is 0 Å². The van der Waals surface area contributed by atoms with Crippen LogP contribution in [0.2, 0.25) is 0 Å². The quantitative estimate of drug-likeness (QED) is 0.444. The van der Waals surface area contributed by atoms with Crippen LogP contribution in [0.15, 0.2) is 96.3 Å². The molecule has 0 saturated heterocycles. The number of nitrogens with zero attached hydrogens (tertiary/aromatic N) is 3. The van der Waals surface area contributed by atoms with Crippen LogP contribution >= 0.6 is 0 Å². The smallest absolute Gasteiger partial charge is 0.103 e. The van der Waals surface area contributed by atoms with Gasteiger partial charge in [-0.3, -0.25) is 4.98 Å². The molecule has 1 aromatic heterocycles. The van der Waals surface area contributed by atoms with Crippen molar-refractivity contribution in [1.29, 1.82) is 0 Å². The molecule has 5 rings (SSSR count). The Morgan fingerprint density at radius 1 is 0.821 bits per heavy atom. The van der Waals surface area contributed by atoms with Crippen molar-refractivity contribution in [2.45, 2.75) is 18.5 Å². The van der Waals surface area contributed by atoms with E-state index in [9.17, 15) is 4.91 Å². The highest BCUT2D eigenvalue weighted by Crippen LogP contribution is 2.43. The number of rotatable bonds is 3. The van der Waals surface area contributed by atoms with Crippen molar-refractivity contribution in [2.24, 2.45) is 5.29 Å². The van der Waals surface area contributed by atoms with Gasteiger partial charge >= 0.3 is 0 Å². The molecule has 28 heavy (non-hydrogen) atoms. The molecule has 0 fully saturated rings. The normalized spacial score (nSPS) is 18.6. The SMILES string of the molecule is O=NN1[C@H](c2ccccc2)c2cc3ccccc3nc2C[C@@H]1c1ccccc1. The molecule has 0 N–H and O–H groups in total. The summed E-state index contributed by atoms with van der Waals surface area (Å²) in [4.78, 5) is 17.0. The third-order valence-electron chi connectivity index (χ3n) is 5.50. The summed E-state index contributed by atoms with van der Waals surface area (Å²) in [5.41, 5.74) is 5.18. The molecule has 4 aromatic rings. The van der Waals surface area contributed by atoms with E-state index in [1.54, 1.807) is 5.01 Å². The molecule has 0 radical (unpaired) electrons. The number of para-hydroxylation sites is 1. The van der Waals surface area contributed by atoms with Gasteiger partial charge < -0.3 is 0 Å². The van der Waals surface area contributed by atoms with Crippen molar-refractivity contribution in [3.8, 4) is 0 Å². The molecule has 3 aromatic carbocycles. The van der Waals surface area contributed by atoms with Gasteiger partial charge in [-0.05, 0) is 23.3 Å². The second-order valence-electron chi connectivity index (χ2n) is 7.12. The van der Waals surface area contributed by atoms with E-state index < -0.39 is 0 Å².